The maximum Gasteiger partial charge on any atom is 0.236 e. The number of rotatable bonds is 2. The second kappa shape index (κ2) is 6.52. The van der Waals surface area contributed by atoms with Crippen LogP contribution in [0.5, 0.6) is 0 Å². The minimum Gasteiger partial charge on any atom is -0.369 e. The van der Waals surface area contributed by atoms with Crippen molar-refractivity contribution in [3.8, 4) is 11.1 Å². The van der Waals surface area contributed by atoms with Crippen LogP contribution < -0.4 is 10.6 Å². The number of fused-ring (bicyclic) bond motifs is 3. The van der Waals surface area contributed by atoms with Crippen LogP contribution in [0, 0.1) is 6.92 Å². The number of benzene rings is 1. The number of nitrogens with zero attached hydrogens (tertiary/aromatic N) is 4. The molecule has 136 valence electrons. The highest BCUT2D eigenvalue weighted by Crippen LogP contribution is 2.52. The van der Waals surface area contributed by atoms with Crippen LogP contribution in [0.25, 0.3) is 11.1 Å². The van der Waals surface area contributed by atoms with Crippen LogP contribution in [-0.4, -0.2) is 53.5 Å². The first-order chi connectivity index (χ1) is 12.5. The number of carbonyl (C=O) groups excluding carboxylic acids is 1. The van der Waals surface area contributed by atoms with Gasteiger partial charge in [0.2, 0.25) is 5.91 Å². The third-order valence-corrected chi connectivity index (χ3v) is 6.13. The third kappa shape index (κ3) is 2.56. The van der Waals surface area contributed by atoms with Gasteiger partial charge in [0.1, 0.15) is 6.33 Å². The lowest BCUT2D eigenvalue weighted by molar-refractivity contribution is -0.130. The molecule has 2 aliphatic heterocycles. The van der Waals surface area contributed by atoms with Crippen molar-refractivity contribution in [3.05, 3.63) is 40.9 Å². The molecule has 1 aromatic carbocycles. The zero-order valence-corrected chi connectivity index (χ0v) is 15.7. The Hall–Kier alpha value is -2.18. The van der Waals surface area contributed by atoms with Gasteiger partial charge in [-0.3, -0.25) is 4.79 Å². The lowest BCUT2D eigenvalue weighted by atomic mass is 9.84. The van der Waals surface area contributed by atoms with Crippen molar-refractivity contribution in [1.29, 1.82) is 0 Å². The van der Waals surface area contributed by atoms with Gasteiger partial charge in [-0.2, -0.15) is 0 Å². The predicted octanol–water partition coefficient (Wildman–Crippen LogP) is 2.20. The fourth-order valence-electron chi connectivity index (χ4n) is 4.40. The van der Waals surface area contributed by atoms with E-state index in [0.717, 1.165) is 40.4 Å². The molecule has 6 nitrogen and oxygen atoms in total. The molecule has 26 heavy (non-hydrogen) atoms. The molecule has 0 radical (unpaired) electrons. The summed E-state index contributed by atoms with van der Waals surface area (Å²) in [6, 6.07) is 2.44. The number of aryl methyl sites for hydroxylation is 1. The Bertz CT molecular complexity index is 857. The summed E-state index contributed by atoms with van der Waals surface area (Å²) in [4.78, 5) is 24.7. The molecule has 2 N–H and O–H groups in total. The van der Waals surface area contributed by atoms with Gasteiger partial charge in [-0.05, 0) is 36.1 Å². The van der Waals surface area contributed by atoms with E-state index < -0.39 is 0 Å². The first-order valence-corrected chi connectivity index (χ1v) is 9.19. The summed E-state index contributed by atoms with van der Waals surface area (Å²) in [6.45, 7) is 3.47. The van der Waals surface area contributed by atoms with E-state index in [-0.39, 0.29) is 18.4 Å². The van der Waals surface area contributed by atoms with Crippen molar-refractivity contribution in [3.63, 3.8) is 0 Å². The standard InChI is InChI=1S/C19H22ClN5O/c1-11-5-13(12-7-22-10-23-8-12)17-14-9-25(16(26)6-21)4-3-15(14)24(2)19(17)18(11)20/h5,7-8,10,14-15H,3-4,6,9,21H2,1-2H3. The number of carbonyl (C=O) groups is 1. The van der Waals surface area contributed by atoms with Gasteiger partial charge in [-0.1, -0.05) is 11.6 Å². The molecule has 7 heteroatoms. The van der Waals surface area contributed by atoms with Gasteiger partial charge < -0.3 is 15.5 Å². The van der Waals surface area contributed by atoms with Crippen LogP contribution >= 0.6 is 11.6 Å². The lowest BCUT2D eigenvalue weighted by Gasteiger charge is -2.37. The Labute approximate surface area is 158 Å². The molecule has 2 aromatic rings. The van der Waals surface area contributed by atoms with Crippen LogP contribution in [0.15, 0.2) is 24.8 Å². The SMILES string of the molecule is Cc1cc(-c2cncnc2)c2c(c1Cl)N(C)C1CCN(C(=O)CN)CC21. The van der Waals surface area contributed by atoms with Crippen molar-refractivity contribution in [2.45, 2.75) is 25.3 Å². The highest BCUT2D eigenvalue weighted by Gasteiger charge is 2.44. The summed E-state index contributed by atoms with van der Waals surface area (Å²) < 4.78 is 0. The van der Waals surface area contributed by atoms with E-state index in [1.165, 1.54) is 11.9 Å². The molecular formula is C19H22ClN5O. The third-order valence-electron chi connectivity index (χ3n) is 5.66. The maximum absolute atomic E-state index is 12.2. The van der Waals surface area contributed by atoms with Gasteiger partial charge in [0, 0.05) is 50.1 Å². The Morgan fingerprint density at radius 2 is 2.12 bits per heavy atom. The number of likely N-dealkylation sites (N-methyl/N-ethyl adjacent to an activating group) is 1. The normalized spacial score (nSPS) is 21.5. The Morgan fingerprint density at radius 3 is 2.81 bits per heavy atom. The van der Waals surface area contributed by atoms with E-state index in [1.807, 2.05) is 24.2 Å². The summed E-state index contributed by atoms with van der Waals surface area (Å²) >= 11 is 6.71. The number of piperidine rings is 1. The number of aromatic nitrogens is 2. The number of anilines is 1. The highest BCUT2D eigenvalue weighted by molar-refractivity contribution is 6.34. The lowest BCUT2D eigenvalue weighted by Crippen LogP contribution is -2.48. The molecule has 0 aliphatic carbocycles. The van der Waals surface area contributed by atoms with E-state index in [9.17, 15) is 4.79 Å². The fraction of sp³-hybridized carbons (Fsp3) is 0.421. The molecule has 1 amide bonds. The van der Waals surface area contributed by atoms with Gasteiger partial charge >= 0.3 is 0 Å². The molecule has 2 atom stereocenters. The molecule has 0 saturated carbocycles. The van der Waals surface area contributed by atoms with Crippen LogP contribution in [0.4, 0.5) is 5.69 Å². The van der Waals surface area contributed by atoms with E-state index in [4.69, 9.17) is 17.3 Å². The first kappa shape index (κ1) is 17.2. The molecular weight excluding hydrogens is 350 g/mol. The van der Waals surface area contributed by atoms with Crippen molar-refractivity contribution >= 4 is 23.2 Å². The highest BCUT2D eigenvalue weighted by atomic mass is 35.5. The van der Waals surface area contributed by atoms with Gasteiger partial charge in [-0.15, -0.1) is 0 Å². The zero-order chi connectivity index (χ0) is 18.4. The van der Waals surface area contributed by atoms with E-state index in [1.54, 1.807) is 0 Å². The average Bonchev–Trinajstić information content (AvgIpc) is 2.97. The number of hydrogen-bond donors (Lipinski definition) is 1. The first-order valence-electron chi connectivity index (χ1n) is 8.82. The van der Waals surface area contributed by atoms with E-state index in [0.29, 0.717) is 12.6 Å². The summed E-state index contributed by atoms with van der Waals surface area (Å²) in [5.41, 5.74) is 11.0. The van der Waals surface area contributed by atoms with Gasteiger partial charge in [0.05, 0.1) is 17.3 Å². The van der Waals surface area contributed by atoms with Crippen molar-refractivity contribution in [1.82, 2.24) is 14.9 Å². The second-order valence-corrected chi connectivity index (χ2v) is 7.44. The Balaban J connectivity index is 1.87. The topological polar surface area (TPSA) is 75.4 Å². The number of hydrogen-bond acceptors (Lipinski definition) is 5. The Morgan fingerprint density at radius 1 is 1.38 bits per heavy atom. The molecule has 4 rings (SSSR count). The molecule has 1 saturated heterocycles. The van der Waals surface area contributed by atoms with Crippen molar-refractivity contribution < 1.29 is 4.79 Å². The van der Waals surface area contributed by atoms with Gasteiger partial charge in [0.25, 0.3) is 0 Å². The Kier molecular flexibility index (Phi) is 4.32. The summed E-state index contributed by atoms with van der Waals surface area (Å²) in [6.07, 6.45) is 6.09. The zero-order valence-electron chi connectivity index (χ0n) is 14.9. The number of halogens is 1. The minimum atomic E-state index is 0.00218. The van der Waals surface area contributed by atoms with Gasteiger partial charge in [-0.25, -0.2) is 9.97 Å². The number of likely N-dealkylation sites (tertiary alicyclic amines) is 1. The van der Waals surface area contributed by atoms with Crippen LogP contribution in [0.3, 0.4) is 0 Å². The smallest absolute Gasteiger partial charge is 0.236 e. The molecule has 0 spiro atoms. The van der Waals surface area contributed by atoms with Gasteiger partial charge in [0.15, 0.2) is 0 Å². The van der Waals surface area contributed by atoms with Crippen LogP contribution in [-0.2, 0) is 4.79 Å². The molecule has 1 aromatic heterocycles. The number of amides is 1. The quantitative estimate of drug-likeness (QED) is 0.875. The summed E-state index contributed by atoms with van der Waals surface area (Å²) in [7, 11) is 2.10. The largest absolute Gasteiger partial charge is 0.369 e. The monoisotopic (exact) mass is 371 g/mol. The molecule has 1 fully saturated rings. The molecule has 0 bridgehead atoms. The van der Waals surface area contributed by atoms with E-state index in [2.05, 4.69) is 28.0 Å². The number of nitrogens with two attached hydrogens (primary N) is 1. The van der Waals surface area contributed by atoms with Crippen molar-refractivity contribution in [2.75, 3.05) is 31.6 Å². The molecule has 2 aliphatic rings. The van der Waals surface area contributed by atoms with Crippen molar-refractivity contribution in [2.24, 2.45) is 5.73 Å². The average molecular weight is 372 g/mol. The second-order valence-electron chi connectivity index (χ2n) is 7.06. The fourth-order valence-corrected chi connectivity index (χ4v) is 4.69. The van der Waals surface area contributed by atoms with Crippen LogP contribution in [0.1, 0.15) is 23.5 Å². The summed E-state index contributed by atoms with van der Waals surface area (Å²) in [5, 5.41) is 0.786. The molecule has 2 unspecified atom stereocenters. The minimum absolute atomic E-state index is 0.00218. The molecule has 3 heterocycles. The predicted molar refractivity (Wildman–Crippen MR) is 102 cm³/mol. The maximum atomic E-state index is 12.2. The summed E-state index contributed by atoms with van der Waals surface area (Å²) in [5.74, 6) is 0.204. The van der Waals surface area contributed by atoms with E-state index >= 15 is 0 Å². The van der Waals surface area contributed by atoms with Crippen LogP contribution in [0.2, 0.25) is 5.02 Å².